The van der Waals surface area contributed by atoms with E-state index in [2.05, 4.69) is 9.97 Å². The first-order chi connectivity index (χ1) is 7.66. The van der Waals surface area contributed by atoms with Crippen molar-refractivity contribution in [2.45, 2.75) is 26.3 Å². The van der Waals surface area contributed by atoms with E-state index >= 15 is 0 Å². The summed E-state index contributed by atoms with van der Waals surface area (Å²) in [5.74, 6) is 0. The van der Waals surface area contributed by atoms with Crippen molar-refractivity contribution < 1.29 is 29.6 Å². The molecule has 86 valence electrons. The molecule has 0 bridgehead atoms. The van der Waals surface area contributed by atoms with E-state index < -0.39 is 0 Å². The number of unbranched alkanes of at least 4 members (excludes halogenated alkanes) is 1. The average molecular weight is 244 g/mol. The number of imidazole rings is 1. The van der Waals surface area contributed by atoms with Gasteiger partial charge in [0.15, 0.2) is 0 Å². The van der Waals surface area contributed by atoms with Gasteiger partial charge >= 0.3 is 35.2 Å². The molecule has 2 aromatic heterocycles. The first-order valence-electron chi connectivity index (χ1n) is 5.24. The fraction of sp³-hybridized carbons (Fsp3) is 0.500. The molecule has 7 heteroatoms. The molecule has 0 aliphatic rings. The standard InChI is InChI=1S/C10H14N4O2.Na/c1-3-4-5-14-9(15)7-8(12-6-11-7)13(2)10(14)16;/h6H,3-5H2,1-2H3,(H,11,12,15);/q;+1/p-1. The maximum absolute atomic E-state index is 11.9. The Labute approximate surface area is 120 Å². The van der Waals surface area contributed by atoms with E-state index in [1.165, 1.54) is 15.5 Å². The van der Waals surface area contributed by atoms with Gasteiger partial charge in [-0.2, -0.15) is 0 Å². The van der Waals surface area contributed by atoms with Crippen LogP contribution in [0.25, 0.3) is 11.2 Å². The molecule has 17 heavy (non-hydrogen) atoms. The minimum absolute atomic E-state index is 0. The summed E-state index contributed by atoms with van der Waals surface area (Å²) in [7, 11) is 1.60. The minimum atomic E-state index is -0.343. The Balaban J connectivity index is 0.00000144. The van der Waals surface area contributed by atoms with Gasteiger partial charge in [0.2, 0.25) is 0 Å². The molecular weight excluding hydrogens is 231 g/mol. The van der Waals surface area contributed by atoms with Crippen molar-refractivity contribution in [1.82, 2.24) is 19.1 Å². The Morgan fingerprint density at radius 3 is 2.76 bits per heavy atom. The predicted molar refractivity (Wildman–Crippen MR) is 59.5 cm³/mol. The van der Waals surface area contributed by atoms with E-state index in [9.17, 15) is 9.59 Å². The summed E-state index contributed by atoms with van der Waals surface area (Å²) in [4.78, 5) is 31.6. The van der Waals surface area contributed by atoms with Crippen molar-refractivity contribution in [2.24, 2.45) is 7.05 Å². The topological polar surface area (TPSA) is 71.0 Å². The van der Waals surface area contributed by atoms with E-state index in [4.69, 9.17) is 0 Å². The van der Waals surface area contributed by atoms with Crippen LogP contribution in [0, 0.1) is 0 Å². The number of nitrogens with zero attached hydrogens (tertiary/aromatic N) is 4. The number of rotatable bonds is 3. The van der Waals surface area contributed by atoms with Gasteiger partial charge in [0.05, 0.1) is 0 Å². The van der Waals surface area contributed by atoms with Crippen LogP contribution in [0.3, 0.4) is 0 Å². The summed E-state index contributed by atoms with van der Waals surface area (Å²) in [6.45, 7) is 2.45. The maximum Gasteiger partial charge on any atom is 1.00 e. The Hall–Kier alpha value is -0.850. The molecule has 2 heterocycles. The van der Waals surface area contributed by atoms with Gasteiger partial charge in [-0.05, 0) is 6.42 Å². The van der Waals surface area contributed by atoms with Gasteiger partial charge < -0.3 is 9.97 Å². The minimum Gasteiger partial charge on any atom is -0.437 e. The van der Waals surface area contributed by atoms with Crippen LogP contribution in [0.15, 0.2) is 15.9 Å². The Morgan fingerprint density at radius 1 is 1.41 bits per heavy atom. The van der Waals surface area contributed by atoms with Crippen molar-refractivity contribution in [3.63, 3.8) is 0 Å². The van der Waals surface area contributed by atoms with Crippen LogP contribution in [0.1, 0.15) is 19.8 Å². The van der Waals surface area contributed by atoms with Gasteiger partial charge in [-0.25, -0.2) is 4.79 Å². The van der Waals surface area contributed by atoms with Crippen molar-refractivity contribution >= 4 is 11.2 Å². The van der Waals surface area contributed by atoms with Crippen LogP contribution in [0.5, 0.6) is 0 Å². The van der Waals surface area contributed by atoms with Crippen LogP contribution in [0.4, 0.5) is 0 Å². The van der Waals surface area contributed by atoms with Gasteiger partial charge in [0.25, 0.3) is 5.56 Å². The van der Waals surface area contributed by atoms with Gasteiger partial charge in [-0.15, -0.1) is 0 Å². The van der Waals surface area contributed by atoms with E-state index in [-0.39, 0.29) is 46.3 Å². The molecule has 0 N–H and O–H groups in total. The van der Waals surface area contributed by atoms with Crippen LogP contribution >= 0.6 is 0 Å². The molecule has 2 aromatic rings. The summed E-state index contributed by atoms with van der Waals surface area (Å²) in [6, 6.07) is 0. The van der Waals surface area contributed by atoms with Gasteiger partial charge in [-0.1, -0.05) is 19.7 Å². The largest absolute Gasteiger partial charge is 1.00 e. The number of hydrogen-bond acceptors (Lipinski definition) is 3. The first-order valence-corrected chi connectivity index (χ1v) is 5.24. The number of hydrogen-bond donors (Lipinski definition) is 0. The van der Waals surface area contributed by atoms with Crippen molar-refractivity contribution in [1.29, 1.82) is 0 Å². The molecule has 6 nitrogen and oxygen atoms in total. The molecule has 0 spiro atoms. The predicted octanol–water partition coefficient (Wildman–Crippen LogP) is -3.14. The summed E-state index contributed by atoms with van der Waals surface area (Å²) < 4.78 is 2.58. The third kappa shape index (κ3) is 2.38. The Bertz CT molecular complexity index is 625. The average Bonchev–Trinajstić information content (AvgIpc) is 2.75. The van der Waals surface area contributed by atoms with Crippen LogP contribution < -0.4 is 45.8 Å². The number of aromatic nitrogens is 4. The molecule has 0 aromatic carbocycles. The molecule has 0 aliphatic carbocycles. The SMILES string of the molecule is CCCCn1c(=O)c2[n-]cnc2n(C)c1=O.[Na+]. The first kappa shape index (κ1) is 14.2. The zero-order valence-electron chi connectivity index (χ0n) is 10.3. The molecule has 2 rings (SSSR count). The second kappa shape index (κ2) is 5.66. The Kier molecular flexibility index (Phi) is 4.73. The second-order valence-electron chi connectivity index (χ2n) is 3.70. The van der Waals surface area contributed by atoms with Crippen molar-refractivity contribution in [3.8, 4) is 0 Å². The normalized spacial score (nSPS) is 10.5. The van der Waals surface area contributed by atoms with Crippen LogP contribution in [0.2, 0.25) is 0 Å². The van der Waals surface area contributed by atoms with E-state index in [1.54, 1.807) is 7.05 Å². The maximum atomic E-state index is 11.9. The zero-order valence-corrected chi connectivity index (χ0v) is 12.3. The molecule has 0 unspecified atom stereocenters. The third-order valence-corrected chi connectivity index (χ3v) is 2.60. The van der Waals surface area contributed by atoms with Crippen molar-refractivity contribution in [3.05, 3.63) is 27.2 Å². The van der Waals surface area contributed by atoms with Crippen molar-refractivity contribution in [2.75, 3.05) is 0 Å². The number of aryl methyl sites for hydroxylation is 1. The fourth-order valence-corrected chi connectivity index (χ4v) is 1.66. The smallest absolute Gasteiger partial charge is 0.437 e. The molecule has 0 fully saturated rings. The fourth-order valence-electron chi connectivity index (χ4n) is 1.66. The molecule has 0 atom stereocenters. The van der Waals surface area contributed by atoms with E-state index in [1.807, 2.05) is 6.92 Å². The Morgan fingerprint density at radius 2 is 2.12 bits per heavy atom. The van der Waals surface area contributed by atoms with Gasteiger partial charge in [0.1, 0.15) is 0 Å². The van der Waals surface area contributed by atoms with Gasteiger partial charge in [0, 0.05) is 24.8 Å². The summed E-state index contributed by atoms with van der Waals surface area (Å²) in [5, 5.41) is 0. The second-order valence-corrected chi connectivity index (χ2v) is 3.70. The van der Waals surface area contributed by atoms with Gasteiger partial charge in [-0.3, -0.25) is 13.9 Å². The summed E-state index contributed by atoms with van der Waals surface area (Å²) in [6.07, 6.45) is 3.03. The number of fused-ring (bicyclic) bond motifs is 1. The van der Waals surface area contributed by atoms with Crippen LogP contribution in [-0.4, -0.2) is 14.1 Å². The molecule has 0 saturated carbocycles. The zero-order chi connectivity index (χ0) is 11.7. The molecule has 0 aliphatic heterocycles. The quantitative estimate of drug-likeness (QED) is 0.535. The monoisotopic (exact) mass is 244 g/mol. The molecule has 0 saturated heterocycles. The molecular formula is C10H13N4NaO2. The summed E-state index contributed by atoms with van der Waals surface area (Å²) >= 11 is 0. The molecule has 0 radical (unpaired) electrons. The summed E-state index contributed by atoms with van der Waals surface area (Å²) in [5.41, 5.74) is -0.0588. The van der Waals surface area contributed by atoms with E-state index in [0.717, 1.165) is 12.8 Å². The third-order valence-electron chi connectivity index (χ3n) is 2.60. The van der Waals surface area contributed by atoms with E-state index in [0.29, 0.717) is 12.2 Å². The van der Waals surface area contributed by atoms with Crippen LogP contribution in [-0.2, 0) is 13.6 Å². The molecule has 0 amide bonds.